The number of anilines is 1. The minimum atomic E-state index is 0.304. The molecule has 2 fully saturated rings. The second kappa shape index (κ2) is 8.38. The molecule has 2 aliphatic heterocycles. The summed E-state index contributed by atoms with van der Waals surface area (Å²) in [6.07, 6.45) is 3.59. The van der Waals surface area contributed by atoms with Crippen LogP contribution in [0.1, 0.15) is 26.2 Å². The van der Waals surface area contributed by atoms with Gasteiger partial charge in [-0.05, 0) is 38.3 Å². The molecule has 24 heavy (non-hydrogen) atoms. The SMILES string of the molecule is CCOc1ccccc1N1CCN(CC(=O)N2CCCCC2)CC1. The van der Waals surface area contributed by atoms with Crippen molar-refractivity contribution in [1.29, 1.82) is 0 Å². The number of rotatable bonds is 5. The molecule has 1 aromatic rings. The van der Waals surface area contributed by atoms with Gasteiger partial charge in [0.2, 0.25) is 5.91 Å². The first kappa shape index (κ1) is 17.1. The molecule has 2 heterocycles. The predicted octanol–water partition coefficient (Wildman–Crippen LogP) is 2.22. The van der Waals surface area contributed by atoms with Gasteiger partial charge in [-0.1, -0.05) is 12.1 Å². The van der Waals surface area contributed by atoms with Crippen molar-refractivity contribution >= 4 is 11.6 Å². The average Bonchev–Trinajstić information content (AvgIpc) is 2.64. The molecule has 5 heteroatoms. The Morgan fingerprint density at radius 1 is 1.00 bits per heavy atom. The molecule has 1 aromatic carbocycles. The molecule has 0 N–H and O–H groups in total. The highest BCUT2D eigenvalue weighted by atomic mass is 16.5. The lowest BCUT2D eigenvalue weighted by Gasteiger charge is -2.37. The van der Waals surface area contributed by atoms with E-state index in [1.54, 1.807) is 0 Å². The zero-order chi connectivity index (χ0) is 16.8. The maximum absolute atomic E-state index is 12.4. The van der Waals surface area contributed by atoms with Crippen molar-refractivity contribution in [3.05, 3.63) is 24.3 Å². The molecule has 5 nitrogen and oxygen atoms in total. The van der Waals surface area contributed by atoms with E-state index in [-0.39, 0.29) is 0 Å². The lowest BCUT2D eigenvalue weighted by Crippen LogP contribution is -2.50. The third-order valence-corrected chi connectivity index (χ3v) is 4.95. The Labute approximate surface area is 145 Å². The molecule has 1 amide bonds. The number of amides is 1. The first-order valence-corrected chi connectivity index (χ1v) is 9.25. The quantitative estimate of drug-likeness (QED) is 0.829. The third-order valence-electron chi connectivity index (χ3n) is 4.95. The molecule has 2 aliphatic rings. The van der Waals surface area contributed by atoms with Crippen molar-refractivity contribution in [2.75, 3.05) is 57.3 Å². The number of para-hydroxylation sites is 2. The van der Waals surface area contributed by atoms with Crippen LogP contribution in [0.15, 0.2) is 24.3 Å². The molecule has 0 spiro atoms. The van der Waals surface area contributed by atoms with Gasteiger partial charge in [0, 0.05) is 39.3 Å². The van der Waals surface area contributed by atoms with Crippen molar-refractivity contribution in [1.82, 2.24) is 9.80 Å². The van der Waals surface area contributed by atoms with Crippen molar-refractivity contribution in [3.63, 3.8) is 0 Å². The number of benzene rings is 1. The summed E-state index contributed by atoms with van der Waals surface area (Å²) in [6, 6.07) is 8.23. The van der Waals surface area contributed by atoms with E-state index >= 15 is 0 Å². The summed E-state index contributed by atoms with van der Waals surface area (Å²) in [5, 5.41) is 0. The Balaban J connectivity index is 1.51. The van der Waals surface area contributed by atoms with Gasteiger partial charge in [-0.25, -0.2) is 0 Å². The van der Waals surface area contributed by atoms with Crippen LogP contribution in [0.3, 0.4) is 0 Å². The van der Waals surface area contributed by atoms with Gasteiger partial charge in [0.25, 0.3) is 0 Å². The second-order valence-corrected chi connectivity index (χ2v) is 6.61. The maximum atomic E-state index is 12.4. The number of ether oxygens (including phenoxy) is 1. The van der Waals surface area contributed by atoms with Gasteiger partial charge < -0.3 is 14.5 Å². The summed E-state index contributed by atoms with van der Waals surface area (Å²) in [5.41, 5.74) is 1.17. The van der Waals surface area contributed by atoms with Crippen LogP contribution in [0.4, 0.5) is 5.69 Å². The summed E-state index contributed by atoms with van der Waals surface area (Å²) in [4.78, 5) is 19.1. The van der Waals surface area contributed by atoms with E-state index in [1.165, 1.54) is 12.1 Å². The number of nitrogens with zero attached hydrogens (tertiary/aromatic N) is 3. The zero-order valence-electron chi connectivity index (χ0n) is 14.7. The van der Waals surface area contributed by atoms with Crippen molar-refractivity contribution in [2.45, 2.75) is 26.2 Å². The minimum Gasteiger partial charge on any atom is -0.492 e. The topological polar surface area (TPSA) is 36.0 Å². The predicted molar refractivity (Wildman–Crippen MR) is 96.7 cm³/mol. The largest absolute Gasteiger partial charge is 0.492 e. The average molecular weight is 331 g/mol. The Kier molecular flexibility index (Phi) is 5.96. The highest BCUT2D eigenvalue weighted by Gasteiger charge is 2.23. The van der Waals surface area contributed by atoms with Crippen LogP contribution in [0.2, 0.25) is 0 Å². The van der Waals surface area contributed by atoms with Crippen LogP contribution < -0.4 is 9.64 Å². The maximum Gasteiger partial charge on any atom is 0.236 e. The first-order chi connectivity index (χ1) is 11.8. The fraction of sp³-hybridized carbons (Fsp3) is 0.632. The molecule has 0 unspecified atom stereocenters. The van der Waals surface area contributed by atoms with Gasteiger partial charge in [-0.15, -0.1) is 0 Å². The Morgan fingerprint density at radius 2 is 1.71 bits per heavy atom. The normalized spacial score (nSPS) is 19.4. The smallest absolute Gasteiger partial charge is 0.236 e. The molecule has 0 bridgehead atoms. The van der Waals surface area contributed by atoms with E-state index in [0.29, 0.717) is 19.1 Å². The number of hydrogen-bond acceptors (Lipinski definition) is 4. The number of carbonyl (C=O) groups excluding carboxylic acids is 1. The molecule has 132 valence electrons. The van der Waals surface area contributed by atoms with Crippen molar-refractivity contribution in [3.8, 4) is 5.75 Å². The number of piperazine rings is 1. The fourth-order valence-electron chi connectivity index (χ4n) is 3.58. The molecule has 0 radical (unpaired) electrons. The number of likely N-dealkylation sites (tertiary alicyclic amines) is 1. The van der Waals surface area contributed by atoms with E-state index in [4.69, 9.17) is 4.74 Å². The molecule has 2 saturated heterocycles. The van der Waals surface area contributed by atoms with Crippen LogP contribution in [-0.2, 0) is 4.79 Å². The lowest BCUT2D eigenvalue weighted by atomic mass is 10.1. The molecule has 0 aliphatic carbocycles. The second-order valence-electron chi connectivity index (χ2n) is 6.61. The van der Waals surface area contributed by atoms with Crippen LogP contribution in [0.25, 0.3) is 0 Å². The van der Waals surface area contributed by atoms with E-state index in [0.717, 1.165) is 57.9 Å². The monoisotopic (exact) mass is 331 g/mol. The lowest BCUT2D eigenvalue weighted by molar-refractivity contribution is -0.133. The Hall–Kier alpha value is -1.75. The molecular formula is C19H29N3O2. The van der Waals surface area contributed by atoms with E-state index < -0.39 is 0 Å². The van der Waals surface area contributed by atoms with Crippen LogP contribution in [0, 0.1) is 0 Å². The van der Waals surface area contributed by atoms with Gasteiger partial charge in [0.15, 0.2) is 0 Å². The molecular weight excluding hydrogens is 302 g/mol. The summed E-state index contributed by atoms with van der Waals surface area (Å²) in [7, 11) is 0. The molecule has 0 atom stereocenters. The third kappa shape index (κ3) is 4.20. The van der Waals surface area contributed by atoms with Crippen molar-refractivity contribution < 1.29 is 9.53 Å². The Morgan fingerprint density at radius 3 is 2.42 bits per heavy atom. The van der Waals surface area contributed by atoms with E-state index in [9.17, 15) is 4.79 Å². The number of hydrogen-bond donors (Lipinski definition) is 0. The summed E-state index contributed by atoms with van der Waals surface area (Å²) >= 11 is 0. The molecule has 0 saturated carbocycles. The van der Waals surface area contributed by atoms with Gasteiger partial charge in [0.1, 0.15) is 5.75 Å². The molecule has 3 rings (SSSR count). The van der Waals surface area contributed by atoms with Crippen LogP contribution >= 0.6 is 0 Å². The number of piperidine rings is 1. The van der Waals surface area contributed by atoms with Crippen LogP contribution in [-0.4, -0.2) is 68.1 Å². The van der Waals surface area contributed by atoms with E-state index in [2.05, 4.69) is 21.9 Å². The van der Waals surface area contributed by atoms with Gasteiger partial charge in [0.05, 0.1) is 18.8 Å². The highest BCUT2D eigenvalue weighted by Crippen LogP contribution is 2.28. The van der Waals surface area contributed by atoms with Gasteiger partial charge in [-0.2, -0.15) is 0 Å². The van der Waals surface area contributed by atoms with Crippen LogP contribution in [0.5, 0.6) is 5.75 Å². The van der Waals surface area contributed by atoms with Gasteiger partial charge >= 0.3 is 0 Å². The summed E-state index contributed by atoms with van der Waals surface area (Å²) in [6.45, 7) is 8.90. The summed E-state index contributed by atoms with van der Waals surface area (Å²) < 4.78 is 5.74. The fourth-order valence-corrected chi connectivity index (χ4v) is 3.58. The van der Waals surface area contributed by atoms with Gasteiger partial charge in [-0.3, -0.25) is 9.69 Å². The van der Waals surface area contributed by atoms with Crippen molar-refractivity contribution in [2.24, 2.45) is 0 Å². The summed E-state index contributed by atoms with van der Waals surface area (Å²) in [5.74, 6) is 1.26. The zero-order valence-corrected chi connectivity index (χ0v) is 14.7. The van der Waals surface area contributed by atoms with E-state index in [1.807, 2.05) is 24.0 Å². The first-order valence-electron chi connectivity index (χ1n) is 9.25. The minimum absolute atomic E-state index is 0.304. The standard InChI is InChI=1S/C19H29N3O2/c1-2-24-18-9-5-4-8-17(18)21-14-12-20(13-15-21)16-19(23)22-10-6-3-7-11-22/h4-5,8-9H,2-3,6-7,10-16H2,1H3. The highest BCUT2D eigenvalue weighted by molar-refractivity contribution is 5.78. The Bertz CT molecular complexity index is 535. The molecule has 0 aromatic heterocycles. The number of carbonyl (C=O) groups is 1.